The Morgan fingerprint density at radius 2 is 1.66 bits per heavy atom. The van der Waals surface area contributed by atoms with Gasteiger partial charge in [-0.2, -0.15) is 13.2 Å². The SMILES string of the molecule is COc1ccc(CN(C(=O)CN(c2cc(C(F)(F)F)ccc2Cl)S(=O)(=O)c2ccccc2)[C@H](C)C(=O)NC2CCCC2)cc1. The summed E-state index contributed by atoms with van der Waals surface area (Å²) in [7, 11) is -3.10. The third kappa shape index (κ3) is 7.84. The molecule has 1 aliphatic rings. The molecule has 2 amide bonds. The summed E-state index contributed by atoms with van der Waals surface area (Å²) in [6.07, 6.45) is -1.25. The first-order valence-corrected chi connectivity index (χ1v) is 15.8. The quantitative estimate of drug-likeness (QED) is 0.273. The Morgan fingerprint density at radius 3 is 2.25 bits per heavy atom. The molecule has 3 aromatic rings. The molecule has 1 N–H and O–H groups in total. The van der Waals surface area contributed by atoms with Crippen molar-refractivity contribution in [2.75, 3.05) is 18.0 Å². The topological polar surface area (TPSA) is 96.0 Å². The molecule has 13 heteroatoms. The molecule has 3 aromatic carbocycles. The highest BCUT2D eigenvalue weighted by Crippen LogP contribution is 2.37. The molecule has 1 atom stereocenters. The summed E-state index contributed by atoms with van der Waals surface area (Å²) >= 11 is 6.29. The molecule has 44 heavy (non-hydrogen) atoms. The van der Waals surface area contributed by atoms with Gasteiger partial charge in [0.1, 0.15) is 18.3 Å². The van der Waals surface area contributed by atoms with Gasteiger partial charge in [0.05, 0.1) is 28.3 Å². The first-order valence-electron chi connectivity index (χ1n) is 14.0. The zero-order valence-corrected chi connectivity index (χ0v) is 25.8. The van der Waals surface area contributed by atoms with Crippen molar-refractivity contribution in [3.05, 3.63) is 88.9 Å². The van der Waals surface area contributed by atoms with E-state index < -0.39 is 51.9 Å². The van der Waals surface area contributed by atoms with Gasteiger partial charge in [-0.15, -0.1) is 0 Å². The van der Waals surface area contributed by atoms with E-state index in [4.69, 9.17) is 16.3 Å². The average Bonchev–Trinajstić information content (AvgIpc) is 3.51. The number of alkyl halides is 3. The Bertz CT molecular complexity index is 1560. The molecule has 0 heterocycles. The van der Waals surface area contributed by atoms with Crippen LogP contribution in [-0.4, -0.2) is 50.9 Å². The van der Waals surface area contributed by atoms with Crippen LogP contribution >= 0.6 is 11.6 Å². The fourth-order valence-electron chi connectivity index (χ4n) is 5.02. The predicted octanol–water partition coefficient (Wildman–Crippen LogP) is 6.04. The van der Waals surface area contributed by atoms with E-state index in [2.05, 4.69) is 5.32 Å². The lowest BCUT2D eigenvalue weighted by Crippen LogP contribution is -2.52. The van der Waals surface area contributed by atoms with Crippen LogP contribution in [0.5, 0.6) is 5.75 Å². The van der Waals surface area contributed by atoms with Crippen molar-refractivity contribution in [1.82, 2.24) is 10.2 Å². The van der Waals surface area contributed by atoms with Crippen molar-refractivity contribution in [2.45, 2.75) is 62.3 Å². The number of hydrogen-bond donors (Lipinski definition) is 1. The molecule has 1 aliphatic carbocycles. The van der Waals surface area contributed by atoms with E-state index >= 15 is 0 Å². The summed E-state index contributed by atoms with van der Waals surface area (Å²) in [6.45, 7) is 0.520. The number of carbonyl (C=O) groups is 2. The number of nitrogens with zero attached hydrogens (tertiary/aromatic N) is 2. The number of hydrogen-bond acceptors (Lipinski definition) is 5. The maximum Gasteiger partial charge on any atom is 0.416 e. The zero-order chi connectivity index (χ0) is 32.1. The first kappa shape index (κ1) is 33.1. The van der Waals surface area contributed by atoms with Crippen molar-refractivity contribution in [3.63, 3.8) is 0 Å². The Morgan fingerprint density at radius 1 is 1.02 bits per heavy atom. The van der Waals surface area contributed by atoms with Crippen molar-refractivity contribution in [2.24, 2.45) is 0 Å². The second-order valence-corrected chi connectivity index (χ2v) is 12.8. The molecule has 0 bridgehead atoms. The van der Waals surface area contributed by atoms with Crippen molar-refractivity contribution in [3.8, 4) is 5.75 Å². The minimum atomic E-state index is -4.81. The van der Waals surface area contributed by atoms with Crippen molar-refractivity contribution in [1.29, 1.82) is 0 Å². The second-order valence-electron chi connectivity index (χ2n) is 10.5. The monoisotopic (exact) mass is 651 g/mol. The third-order valence-electron chi connectivity index (χ3n) is 7.53. The van der Waals surface area contributed by atoms with Crippen LogP contribution in [0.4, 0.5) is 18.9 Å². The molecule has 0 spiro atoms. The van der Waals surface area contributed by atoms with E-state index in [0.717, 1.165) is 37.8 Å². The normalized spacial score (nSPS) is 14.6. The Hall–Kier alpha value is -3.77. The van der Waals surface area contributed by atoms with Crippen LogP contribution < -0.4 is 14.4 Å². The predicted molar refractivity (Wildman–Crippen MR) is 161 cm³/mol. The van der Waals surface area contributed by atoms with Crippen molar-refractivity contribution < 1.29 is 35.9 Å². The fraction of sp³-hybridized carbons (Fsp3) is 0.355. The van der Waals surface area contributed by atoms with Crippen LogP contribution in [-0.2, 0) is 32.3 Å². The lowest BCUT2D eigenvalue weighted by Gasteiger charge is -2.33. The van der Waals surface area contributed by atoms with Gasteiger partial charge in [-0.25, -0.2) is 8.42 Å². The maximum absolute atomic E-state index is 14.1. The zero-order valence-electron chi connectivity index (χ0n) is 24.2. The number of rotatable bonds is 11. The number of halogens is 4. The smallest absolute Gasteiger partial charge is 0.416 e. The third-order valence-corrected chi connectivity index (χ3v) is 9.63. The lowest BCUT2D eigenvalue weighted by molar-refractivity contribution is -0.139. The largest absolute Gasteiger partial charge is 0.497 e. The summed E-state index contributed by atoms with van der Waals surface area (Å²) < 4.78 is 74.6. The Kier molecular flexibility index (Phi) is 10.5. The average molecular weight is 652 g/mol. The van der Waals surface area contributed by atoms with Gasteiger partial charge < -0.3 is 15.0 Å². The van der Waals surface area contributed by atoms with E-state index in [1.165, 1.54) is 43.2 Å². The summed E-state index contributed by atoms with van der Waals surface area (Å²) in [5.41, 5.74) is -1.04. The summed E-state index contributed by atoms with van der Waals surface area (Å²) in [4.78, 5) is 28.3. The molecular weight excluding hydrogens is 619 g/mol. The molecule has 4 rings (SSSR count). The standard InChI is InChI=1S/C31H33ClF3N3O5S/c1-21(30(40)36-24-8-6-7-9-24)37(19-22-12-15-25(43-2)16-13-22)29(39)20-38(44(41,42)26-10-4-3-5-11-26)28-18-23(31(33,34)35)14-17-27(28)32/h3-5,10-18,21,24H,6-9,19-20H2,1-2H3,(H,36,40)/t21-/m1/s1. The van der Waals surface area contributed by atoms with Gasteiger partial charge in [-0.3, -0.25) is 13.9 Å². The number of amides is 2. The van der Waals surface area contributed by atoms with Crippen LogP contribution in [0.2, 0.25) is 5.02 Å². The molecule has 236 valence electrons. The van der Waals surface area contributed by atoms with Crippen LogP contribution in [0.25, 0.3) is 0 Å². The highest BCUT2D eigenvalue weighted by molar-refractivity contribution is 7.92. The van der Waals surface area contributed by atoms with Crippen LogP contribution in [0.1, 0.15) is 43.7 Å². The van der Waals surface area contributed by atoms with E-state index in [1.54, 1.807) is 30.3 Å². The first-order chi connectivity index (χ1) is 20.8. The van der Waals surface area contributed by atoms with Gasteiger partial charge in [0.15, 0.2) is 0 Å². The number of carbonyl (C=O) groups excluding carboxylic acids is 2. The number of anilines is 1. The molecule has 8 nitrogen and oxygen atoms in total. The van der Waals surface area contributed by atoms with Crippen molar-refractivity contribution >= 4 is 39.1 Å². The minimum absolute atomic E-state index is 0.0400. The minimum Gasteiger partial charge on any atom is -0.497 e. The molecule has 0 saturated heterocycles. The van der Waals surface area contributed by atoms with Gasteiger partial charge in [0.2, 0.25) is 11.8 Å². The highest BCUT2D eigenvalue weighted by atomic mass is 35.5. The number of sulfonamides is 1. The lowest BCUT2D eigenvalue weighted by atomic mass is 10.1. The molecule has 0 aromatic heterocycles. The van der Waals surface area contributed by atoms with Crippen LogP contribution in [0.3, 0.4) is 0 Å². The highest BCUT2D eigenvalue weighted by Gasteiger charge is 2.36. The number of nitrogens with one attached hydrogen (secondary N) is 1. The molecule has 0 aliphatic heterocycles. The Labute approximate surface area is 259 Å². The number of benzene rings is 3. The Balaban J connectivity index is 1.75. The van der Waals surface area contributed by atoms with E-state index in [9.17, 15) is 31.2 Å². The maximum atomic E-state index is 14.1. The molecule has 0 radical (unpaired) electrons. The van der Waals surface area contributed by atoms with E-state index in [0.29, 0.717) is 21.7 Å². The molecule has 1 fully saturated rings. The van der Waals surface area contributed by atoms with E-state index in [1.807, 2.05) is 0 Å². The second kappa shape index (κ2) is 13.9. The van der Waals surface area contributed by atoms with Gasteiger partial charge in [0, 0.05) is 12.6 Å². The van der Waals surface area contributed by atoms with Gasteiger partial charge in [-0.05, 0) is 67.8 Å². The number of ether oxygens (including phenoxy) is 1. The number of methoxy groups -OCH3 is 1. The van der Waals surface area contributed by atoms with Gasteiger partial charge in [-0.1, -0.05) is 54.8 Å². The van der Waals surface area contributed by atoms with Crippen LogP contribution in [0, 0.1) is 0 Å². The fourth-order valence-corrected chi connectivity index (χ4v) is 6.73. The van der Waals surface area contributed by atoms with E-state index in [-0.39, 0.29) is 22.5 Å². The van der Waals surface area contributed by atoms with Gasteiger partial charge in [0.25, 0.3) is 10.0 Å². The molecular formula is C31H33ClF3N3O5S. The summed E-state index contributed by atoms with van der Waals surface area (Å²) in [5, 5.41) is 2.66. The van der Waals surface area contributed by atoms with Gasteiger partial charge >= 0.3 is 6.18 Å². The van der Waals surface area contributed by atoms with Crippen LogP contribution in [0.15, 0.2) is 77.7 Å². The summed E-state index contributed by atoms with van der Waals surface area (Å²) in [5.74, 6) is -0.672. The molecule has 0 unspecified atom stereocenters. The molecule has 1 saturated carbocycles. The summed E-state index contributed by atoms with van der Waals surface area (Å²) in [6, 6.07) is 14.9.